The summed E-state index contributed by atoms with van der Waals surface area (Å²) in [6, 6.07) is 16.9. The van der Waals surface area contributed by atoms with Gasteiger partial charge in [0.05, 0.1) is 0 Å². The van der Waals surface area contributed by atoms with Crippen LogP contribution in [0.2, 0.25) is 0 Å². The van der Waals surface area contributed by atoms with Crippen LogP contribution in [0.5, 0.6) is 0 Å². The number of carbonyl (C=O) groups is 3. The lowest BCUT2D eigenvalue weighted by Crippen LogP contribution is -2.25. The van der Waals surface area contributed by atoms with Crippen LogP contribution in [0.25, 0.3) is 11.6 Å². The van der Waals surface area contributed by atoms with Gasteiger partial charge in [-0.1, -0.05) is 126 Å². The van der Waals surface area contributed by atoms with Crippen LogP contribution in [0.3, 0.4) is 0 Å². The highest BCUT2D eigenvalue weighted by atomic mass is 16.4. The second-order valence-electron chi connectivity index (χ2n) is 10.8. The Bertz CT molecular complexity index is 1050. The van der Waals surface area contributed by atoms with E-state index in [2.05, 4.69) is 17.6 Å². The monoisotopic (exact) mass is 562 g/mol. The number of carbonyl (C=O) groups excluding carboxylic acids is 2. The van der Waals surface area contributed by atoms with Gasteiger partial charge in [-0.25, -0.2) is 0 Å². The molecule has 0 saturated carbocycles. The summed E-state index contributed by atoms with van der Waals surface area (Å²) in [4.78, 5) is 35.8. The Morgan fingerprint density at radius 1 is 0.683 bits per heavy atom. The zero-order valence-electron chi connectivity index (χ0n) is 25.0. The van der Waals surface area contributed by atoms with E-state index in [1.165, 1.54) is 70.6 Å². The Balaban J connectivity index is 1.75. The molecule has 0 spiro atoms. The fourth-order valence-corrected chi connectivity index (χ4v) is 4.79. The smallest absolute Gasteiger partial charge is 0.303 e. The largest absolute Gasteiger partial charge is 0.481 e. The van der Waals surface area contributed by atoms with Crippen LogP contribution in [-0.2, 0) is 14.4 Å². The molecule has 0 radical (unpaired) electrons. The van der Waals surface area contributed by atoms with Crippen LogP contribution in [0.15, 0.2) is 54.6 Å². The molecule has 0 bridgehead atoms. The number of hydrogen-bond acceptors (Lipinski definition) is 3. The second kappa shape index (κ2) is 21.4. The summed E-state index contributed by atoms with van der Waals surface area (Å²) >= 11 is 0. The Morgan fingerprint density at radius 3 is 1.80 bits per heavy atom. The molecule has 0 aliphatic rings. The molecule has 0 fully saturated rings. The minimum absolute atomic E-state index is 0.0269. The third kappa shape index (κ3) is 15.8. The van der Waals surface area contributed by atoms with Gasteiger partial charge in [-0.05, 0) is 42.2 Å². The first kappa shape index (κ1) is 33.8. The van der Waals surface area contributed by atoms with E-state index in [-0.39, 0.29) is 24.7 Å². The fraction of sp³-hybridized carbons (Fsp3) is 0.514. The fourth-order valence-electron chi connectivity index (χ4n) is 4.79. The van der Waals surface area contributed by atoms with Crippen molar-refractivity contribution in [1.29, 1.82) is 0 Å². The van der Waals surface area contributed by atoms with Crippen molar-refractivity contribution in [1.82, 2.24) is 5.32 Å². The average Bonchev–Trinajstić information content (AvgIpc) is 2.97. The van der Waals surface area contributed by atoms with Crippen molar-refractivity contribution in [2.75, 3.05) is 11.9 Å². The molecule has 0 aliphatic heterocycles. The van der Waals surface area contributed by atoms with E-state index in [0.717, 1.165) is 24.0 Å². The van der Waals surface area contributed by atoms with Crippen molar-refractivity contribution in [2.45, 2.75) is 110 Å². The normalized spacial score (nSPS) is 11.3. The van der Waals surface area contributed by atoms with Gasteiger partial charge in [-0.2, -0.15) is 0 Å². The predicted octanol–water partition coefficient (Wildman–Crippen LogP) is 8.63. The van der Waals surface area contributed by atoms with E-state index >= 15 is 0 Å². The molecule has 2 aromatic rings. The van der Waals surface area contributed by atoms with E-state index in [4.69, 9.17) is 5.11 Å². The maximum atomic E-state index is 13.1. The quantitative estimate of drug-likeness (QED) is 0.0760. The van der Waals surface area contributed by atoms with E-state index in [1.54, 1.807) is 12.1 Å². The highest BCUT2D eigenvalue weighted by molar-refractivity contribution is 6.24. The molecule has 0 unspecified atom stereocenters. The van der Waals surface area contributed by atoms with E-state index in [1.807, 2.05) is 48.5 Å². The van der Waals surface area contributed by atoms with E-state index < -0.39 is 5.97 Å². The summed E-state index contributed by atoms with van der Waals surface area (Å²) in [6.07, 6.45) is 19.2. The Kier molecular flexibility index (Phi) is 17.6. The molecule has 0 aliphatic carbocycles. The number of anilines is 1. The molecule has 6 heteroatoms. The number of benzene rings is 2. The number of carboxylic acid groups (broad SMARTS) is 1. The first-order valence-electron chi connectivity index (χ1n) is 15.7. The Morgan fingerprint density at radius 2 is 1.24 bits per heavy atom. The molecule has 0 atom stereocenters. The Hall–Kier alpha value is -3.41. The van der Waals surface area contributed by atoms with Crippen LogP contribution in [0.1, 0.15) is 121 Å². The maximum Gasteiger partial charge on any atom is 0.303 e. The summed E-state index contributed by atoms with van der Waals surface area (Å²) in [7, 11) is 0. The van der Waals surface area contributed by atoms with E-state index in [9.17, 15) is 14.4 Å². The molecule has 41 heavy (non-hydrogen) atoms. The van der Waals surface area contributed by atoms with Gasteiger partial charge in [-0.15, -0.1) is 0 Å². The zero-order chi connectivity index (χ0) is 29.5. The summed E-state index contributed by atoms with van der Waals surface area (Å²) in [5.41, 5.74) is 2.94. The first-order chi connectivity index (χ1) is 20.0. The summed E-state index contributed by atoms with van der Waals surface area (Å²) < 4.78 is 0. The number of amides is 2. The minimum atomic E-state index is -0.906. The standard InChI is InChI=1S/C35H50N2O4/c1-2-3-4-5-6-7-8-9-10-11-12-13-17-27-36-35(41)32(30-19-15-14-16-20-30)28-29-23-25-31(26-24-29)37-33(38)21-18-22-34(39)40/h14-16,19-20,23-26,28H,2-13,17-18,21-22,27H2,1H3,(H,36,41)(H,37,38)(H,39,40)/b32-28+. The van der Waals surface area contributed by atoms with Gasteiger partial charge in [0.15, 0.2) is 0 Å². The van der Waals surface area contributed by atoms with Crippen molar-refractivity contribution in [2.24, 2.45) is 0 Å². The van der Waals surface area contributed by atoms with Crippen molar-refractivity contribution in [3.63, 3.8) is 0 Å². The molecular weight excluding hydrogens is 512 g/mol. The van der Waals surface area contributed by atoms with Crippen molar-refractivity contribution < 1.29 is 19.5 Å². The maximum absolute atomic E-state index is 13.1. The number of nitrogens with one attached hydrogen (secondary N) is 2. The molecule has 0 heterocycles. The van der Waals surface area contributed by atoms with Crippen LogP contribution in [0, 0.1) is 0 Å². The third-order valence-electron chi connectivity index (χ3n) is 7.20. The third-order valence-corrected chi connectivity index (χ3v) is 7.20. The minimum Gasteiger partial charge on any atom is -0.481 e. The van der Waals surface area contributed by atoms with Gasteiger partial charge < -0.3 is 15.7 Å². The zero-order valence-corrected chi connectivity index (χ0v) is 25.0. The highest BCUT2D eigenvalue weighted by Crippen LogP contribution is 2.20. The second-order valence-corrected chi connectivity index (χ2v) is 10.8. The molecule has 6 nitrogen and oxygen atoms in total. The molecule has 0 saturated heterocycles. The number of carboxylic acids is 1. The lowest BCUT2D eigenvalue weighted by Gasteiger charge is -2.10. The van der Waals surface area contributed by atoms with E-state index in [0.29, 0.717) is 24.2 Å². The molecule has 224 valence electrons. The molecule has 3 N–H and O–H groups in total. The topological polar surface area (TPSA) is 95.5 Å². The summed E-state index contributed by atoms with van der Waals surface area (Å²) in [6.45, 7) is 2.92. The molecular formula is C35H50N2O4. The summed E-state index contributed by atoms with van der Waals surface area (Å²) in [5.74, 6) is -1.21. The van der Waals surface area contributed by atoms with Crippen LogP contribution >= 0.6 is 0 Å². The van der Waals surface area contributed by atoms with Crippen molar-refractivity contribution in [3.8, 4) is 0 Å². The van der Waals surface area contributed by atoms with Gasteiger partial charge in [-0.3, -0.25) is 14.4 Å². The van der Waals surface area contributed by atoms with Crippen molar-refractivity contribution in [3.05, 3.63) is 65.7 Å². The molecule has 2 amide bonds. The SMILES string of the molecule is CCCCCCCCCCCCCCCNC(=O)/C(=C/c1ccc(NC(=O)CCCC(=O)O)cc1)c1ccccc1. The Labute approximate surface area is 247 Å². The molecule has 0 aromatic heterocycles. The number of rotatable bonds is 22. The lowest BCUT2D eigenvalue weighted by molar-refractivity contribution is -0.137. The predicted molar refractivity (Wildman–Crippen MR) is 170 cm³/mol. The number of aliphatic carboxylic acids is 1. The first-order valence-corrected chi connectivity index (χ1v) is 15.7. The summed E-state index contributed by atoms with van der Waals surface area (Å²) in [5, 5.41) is 14.6. The van der Waals surface area contributed by atoms with Crippen LogP contribution in [-0.4, -0.2) is 29.4 Å². The van der Waals surface area contributed by atoms with Gasteiger partial charge in [0.2, 0.25) is 5.91 Å². The number of unbranched alkanes of at least 4 members (excludes halogenated alkanes) is 12. The van der Waals surface area contributed by atoms with Gasteiger partial charge in [0.1, 0.15) is 0 Å². The molecule has 2 rings (SSSR count). The van der Waals surface area contributed by atoms with Crippen LogP contribution in [0.4, 0.5) is 5.69 Å². The van der Waals surface area contributed by atoms with Gasteiger partial charge in [0, 0.05) is 30.6 Å². The lowest BCUT2D eigenvalue weighted by atomic mass is 10.0. The number of hydrogen-bond donors (Lipinski definition) is 3. The van der Waals surface area contributed by atoms with Crippen LogP contribution < -0.4 is 10.6 Å². The van der Waals surface area contributed by atoms with Gasteiger partial charge >= 0.3 is 5.97 Å². The van der Waals surface area contributed by atoms with Gasteiger partial charge in [0.25, 0.3) is 5.91 Å². The highest BCUT2D eigenvalue weighted by Gasteiger charge is 2.12. The van der Waals surface area contributed by atoms with Crippen molar-refractivity contribution >= 4 is 35.1 Å². The average molecular weight is 563 g/mol. The molecule has 2 aromatic carbocycles.